The average molecular weight is 202 g/mol. The fourth-order valence-electron chi connectivity index (χ4n) is 1.36. The van der Waals surface area contributed by atoms with Gasteiger partial charge in [-0.3, -0.25) is 0 Å². The van der Waals surface area contributed by atoms with Gasteiger partial charge in [0.1, 0.15) is 6.10 Å². The van der Waals surface area contributed by atoms with Crippen molar-refractivity contribution in [1.29, 1.82) is 0 Å². The molecule has 0 bridgehead atoms. The van der Waals surface area contributed by atoms with Crippen molar-refractivity contribution in [2.75, 3.05) is 0 Å². The molecule has 0 spiro atoms. The zero-order valence-corrected chi connectivity index (χ0v) is 8.24. The minimum Gasteiger partial charge on any atom is -0.450 e. The van der Waals surface area contributed by atoms with Gasteiger partial charge >= 0.3 is 5.30 Å². The smallest absolute Gasteiger partial charge is 0.364 e. The third-order valence-corrected chi connectivity index (χ3v) is 2.16. The second kappa shape index (κ2) is 5.29. The van der Waals surface area contributed by atoms with Crippen molar-refractivity contribution < 1.29 is 14.6 Å². The van der Waals surface area contributed by atoms with Crippen LogP contribution < -0.4 is 0 Å². The molecule has 0 aliphatic heterocycles. The zero-order valence-electron chi connectivity index (χ0n) is 7.35. The van der Waals surface area contributed by atoms with Gasteiger partial charge in [-0.1, -0.05) is 18.7 Å². The van der Waals surface area contributed by atoms with Gasteiger partial charge in [0, 0.05) is 0 Å². The van der Waals surface area contributed by atoms with Crippen LogP contribution in [0.25, 0.3) is 0 Å². The summed E-state index contributed by atoms with van der Waals surface area (Å²) < 4.78 is 4.90. The molecule has 0 saturated carbocycles. The topological polar surface area (TPSA) is 46.5 Å². The first-order chi connectivity index (χ1) is 6.18. The van der Waals surface area contributed by atoms with Crippen LogP contribution in [0.3, 0.4) is 0 Å². The highest BCUT2D eigenvalue weighted by atomic mass is 32.1. The van der Waals surface area contributed by atoms with E-state index in [9.17, 15) is 9.90 Å². The zero-order chi connectivity index (χ0) is 9.68. The normalized spacial score (nSPS) is 31.5. The number of aliphatic hydroxyl groups excluding tert-OH is 1. The van der Waals surface area contributed by atoms with Crippen LogP contribution in [0.15, 0.2) is 12.2 Å². The molecule has 1 aliphatic rings. The Kier molecular flexibility index (Phi) is 4.32. The number of allylic oxidation sites excluding steroid dienone is 1. The van der Waals surface area contributed by atoms with Crippen molar-refractivity contribution in [3.05, 3.63) is 12.2 Å². The quantitative estimate of drug-likeness (QED) is 0.388. The van der Waals surface area contributed by atoms with Gasteiger partial charge in [-0.2, -0.15) is 0 Å². The lowest BCUT2D eigenvalue weighted by atomic mass is 10.0. The van der Waals surface area contributed by atoms with Crippen LogP contribution in [0.2, 0.25) is 0 Å². The molecule has 0 heterocycles. The fraction of sp³-hybridized carbons (Fsp3) is 0.667. The molecule has 0 aromatic carbocycles. The summed E-state index contributed by atoms with van der Waals surface area (Å²) >= 11 is 3.54. The second-order valence-corrected chi connectivity index (χ2v) is 3.52. The van der Waals surface area contributed by atoms with Crippen LogP contribution in [0.1, 0.15) is 25.7 Å². The molecule has 1 N–H and O–H groups in total. The Morgan fingerprint density at radius 2 is 2.23 bits per heavy atom. The number of thiol groups is 1. The molecular weight excluding hydrogens is 188 g/mol. The maximum absolute atomic E-state index is 10.5. The first-order valence-electron chi connectivity index (χ1n) is 4.43. The van der Waals surface area contributed by atoms with Crippen LogP contribution in [0.5, 0.6) is 0 Å². The first kappa shape index (κ1) is 10.6. The van der Waals surface area contributed by atoms with Crippen molar-refractivity contribution in [2.45, 2.75) is 37.9 Å². The first-order valence-corrected chi connectivity index (χ1v) is 4.87. The van der Waals surface area contributed by atoms with Crippen molar-refractivity contribution in [3.8, 4) is 0 Å². The van der Waals surface area contributed by atoms with E-state index in [2.05, 4.69) is 12.6 Å². The summed E-state index contributed by atoms with van der Waals surface area (Å²) in [4.78, 5) is 10.5. The van der Waals surface area contributed by atoms with Crippen LogP contribution in [-0.2, 0) is 4.74 Å². The molecule has 13 heavy (non-hydrogen) atoms. The summed E-state index contributed by atoms with van der Waals surface area (Å²) in [7, 11) is 0. The van der Waals surface area contributed by atoms with Gasteiger partial charge in [-0.15, -0.1) is 0 Å². The van der Waals surface area contributed by atoms with Crippen molar-refractivity contribution >= 4 is 17.9 Å². The number of hydrogen-bond acceptors (Lipinski definition) is 3. The van der Waals surface area contributed by atoms with Gasteiger partial charge in [-0.05, 0) is 31.8 Å². The van der Waals surface area contributed by atoms with Crippen LogP contribution in [0.4, 0.5) is 4.79 Å². The van der Waals surface area contributed by atoms with Crippen molar-refractivity contribution in [2.24, 2.45) is 0 Å². The summed E-state index contributed by atoms with van der Waals surface area (Å²) in [6.45, 7) is 0. The molecular formula is C9H14O3S. The number of carbonyl (C=O) groups excluding carboxylic acids is 1. The molecule has 0 amide bonds. The highest BCUT2D eigenvalue weighted by Crippen LogP contribution is 2.15. The predicted molar refractivity (Wildman–Crippen MR) is 52.9 cm³/mol. The summed E-state index contributed by atoms with van der Waals surface area (Å²) in [5, 5.41) is 8.81. The minimum atomic E-state index is -0.565. The molecule has 1 rings (SSSR count). The highest BCUT2D eigenvalue weighted by Gasteiger charge is 2.13. The molecule has 0 aromatic rings. The van der Waals surface area contributed by atoms with E-state index in [0.29, 0.717) is 12.8 Å². The van der Waals surface area contributed by atoms with E-state index in [-0.39, 0.29) is 12.2 Å². The summed E-state index contributed by atoms with van der Waals surface area (Å²) in [6, 6.07) is 0. The number of aliphatic hydroxyl groups is 1. The lowest BCUT2D eigenvalue weighted by Gasteiger charge is -2.17. The predicted octanol–water partition coefficient (Wildman–Crippen LogP) is 1.91. The second-order valence-electron chi connectivity index (χ2n) is 3.16. The fourth-order valence-corrected chi connectivity index (χ4v) is 1.50. The molecule has 2 atom stereocenters. The van der Waals surface area contributed by atoms with Crippen molar-refractivity contribution in [3.63, 3.8) is 0 Å². The molecule has 4 heteroatoms. The van der Waals surface area contributed by atoms with E-state index < -0.39 is 5.30 Å². The lowest BCUT2D eigenvalue weighted by Crippen LogP contribution is -2.17. The van der Waals surface area contributed by atoms with Crippen LogP contribution in [-0.4, -0.2) is 22.6 Å². The van der Waals surface area contributed by atoms with E-state index in [0.717, 1.165) is 12.8 Å². The minimum absolute atomic E-state index is 0.222. The average Bonchev–Trinajstić information content (AvgIpc) is 2.03. The Morgan fingerprint density at radius 3 is 2.92 bits per heavy atom. The number of carbonyl (C=O) groups is 1. The molecule has 0 aromatic heterocycles. The molecule has 74 valence electrons. The number of ether oxygens (including phenoxy) is 1. The van der Waals surface area contributed by atoms with Gasteiger partial charge in [0.05, 0.1) is 6.10 Å². The molecule has 0 radical (unpaired) electrons. The highest BCUT2D eigenvalue weighted by molar-refractivity contribution is 7.96. The number of rotatable bonds is 1. The van der Waals surface area contributed by atoms with Gasteiger partial charge in [0.15, 0.2) is 0 Å². The standard InChI is InChI=1S/C9H14O3S/c10-7-3-1-2-4-8(6-5-7)12-9(11)13/h2,4,7-8,10H,1,3,5-6H2,(H,11,13)/b4-2+. The van der Waals surface area contributed by atoms with Gasteiger partial charge in [-0.25, -0.2) is 4.79 Å². The number of hydrogen-bond donors (Lipinski definition) is 2. The summed E-state index contributed by atoms with van der Waals surface area (Å²) in [5.74, 6) is 0. The Balaban J connectivity index is 2.44. The van der Waals surface area contributed by atoms with Gasteiger partial charge in [0.25, 0.3) is 0 Å². The van der Waals surface area contributed by atoms with E-state index in [1.807, 2.05) is 12.2 Å². The SMILES string of the molecule is O=C(S)OC1/C=C/CCC(O)CC1. The molecule has 1 aliphatic carbocycles. The Bertz CT molecular complexity index is 203. The monoisotopic (exact) mass is 202 g/mol. The maximum Gasteiger partial charge on any atom is 0.364 e. The van der Waals surface area contributed by atoms with E-state index in [1.54, 1.807) is 0 Å². The Labute approximate surface area is 83.2 Å². The summed E-state index contributed by atoms with van der Waals surface area (Å²) in [5.41, 5.74) is 0. The van der Waals surface area contributed by atoms with Crippen LogP contribution >= 0.6 is 12.6 Å². The molecule has 2 unspecified atom stereocenters. The van der Waals surface area contributed by atoms with E-state index >= 15 is 0 Å². The Morgan fingerprint density at radius 1 is 1.46 bits per heavy atom. The van der Waals surface area contributed by atoms with Crippen molar-refractivity contribution in [1.82, 2.24) is 0 Å². The van der Waals surface area contributed by atoms with Crippen LogP contribution in [0, 0.1) is 0 Å². The third-order valence-electron chi connectivity index (χ3n) is 2.05. The van der Waals surface area contributed by atoms with E-state index in [1.165, 1.54) is 0 Å². The lowest BCUT2D eigenvalue weighted by molar-refractivity contribution is 0.108. The largest absolute Gasteiger partial charge is 0.450 e. The maximum atomic E-state index is 10.5. The Hall–Kier alpha value is -0.480. The van der Waals surface area contributed by atoms with Gasteiger partial charge in [0.2, 0.25) is 0 Å². The molecule has 3 nitrogen and oxygen atoms in total. The summed E-state index contributed by atoms with van der Waals surface area (Å²) in [6.07, 6.45) is 6.27. The van der Waals surface area contributed by atoms with E-state index in [4.69, 9.17) is 4.74 Å². The van der Waals surface area contributed by atoms with Gasteiger partial charge < -0.3 is 9.84 Å². The molecule has 0 saturated heterocycles. The third kappa shape index (κ3) is 4.33. The molecule has 0 fully saturated rings.